The number of fused-ring (bicyclic) bond motifs is 8. The van der Waals surface area contributed by atoms with E-state index in [1.165, 1.54) is 66.7 Å². The molecule has 1 aliphatic heterocycles. The summed E-state index contributed by atoms with van der Waals surface area (Å²) >= 11 is 0. The summed E-state index contributed by atoms with van der Waals surface area (Å²) in [6, 6.07) is 55.6. The molecule has 0 saturated carbocycles. The lowest BCUT2D eigenvalue weighted by Crippen LogP contribution is -2.24. The number of aryl methyl sites for hydroxylation is 1. The first kappa shape index (κ1) is 29.2. The summed E-state index contributed by atoms with van der Waals surface area (Å²) in [5, 5.41) is 2.47. The maximum Gasteiger partial charge on any atom is 0.140 e. The Morgan fingerprint density at radius 2 is 1.27 bits per heavy atom. The zero-order valence-corrected chi connectivity index (χ0v) is 29.1. The van der Waals surface area contributed by atoms with Crippen LogP contribution in [0.1, 0.15) is 11.1 Å². The molecule has 0 spiro atoms. The topological polar surface area (TPSA) is 29.2 Å². The molecule has 52 heavy (non-hydrogen) atoms. The van der Waals surface area contributed by atoms with Crippen LogP contribution in [0.15, 0.2) is 152 Å². The normalized spacial score (nSPS) is 13.3. The van der Waals surface area contributed by atoms with Gasteiger partial charge >= 0.3 is 0 Å². The minimum absolute atomic E-state index is 0.801. The summed E-state index contributed by atoms with van der Waals surface area (Å²) < 4.78 is 4.70. The van der Waals surface area contributed by atoms with E-state index in [1.807, 2.05) is 0 Å². The average molecular weight is 670 g/mol. The number of benzene rings is 7. The summed E-state index contributed by atoms with van der Waals surface area (Å²) in [6.45, 7) is 0.801. The lowest BCUT2D eigenvalue weighted by atomic mass is 9.97. The lowest BCUT2D eigenvalue weighted by molar-refractivity contribution is 0.948. The van der Waals surface area contributed by atoms with Crippen molar-refractivity contribution in [3.63, 3.8) is 0 Å². The molecular formula is C47H35N5. The van der Waals surface area contributed by atoms with Crippen molar-refractivity contribution in [2.24, 2.45) is 7.05 Å². The van der Waals surface area contributed by atoms with Crippen LogP contribution in [-0.2, 0) is 13.5 Å². The lowest BCUT2D eigenvalue weighted by Gasteiger charge is -2.21. The zero-order valence-electron chi connectivity index (χ0n) is 29.1. The van der Waals surface area contributed by atoms with E-state index in [9.17, 15) is 0 Å². The van der Waals surface area contributed by atoms with Crippen LogP contribution in [0.2, 0.25) is 0 Å². The molecule has 0 bridgehead atoms. The highest BCUT2D eigenvalue weighted by molar-refractivity contribution is 6.14. The van der Waals surface area contributed by atoms with Crippen LogP contribution >= 0.6 is 0 Å². The highest BCUT2D eigenvalue weighted by Gasteiger charge is 2.26. The van der Waals surface area contributed by atoms with E-state index in [0.29, 0.717) is 0 Å². The molecule has 0 N–H and O–H groups in total. The molecule has 0 radical (unpaired) electrons. The molecule has 2 aromatic heterocycles. The van der Waals surface area contributed by atoms with Crippen molar-refractivity contribution in [3.05, 3.63) is 163 Å². The summed E-state index contributed by atoms with van der Waals surface area (Å²) in [4.78, 5) is 9.83. The Kier molecular flexibility index (Phi) is 6.14. The minimum atomic E-state index is 0.801. The smallest absolute Gasteiger partial charge is 0.140 e. The summed E-state index contributed by atoms with van der Waals surface area (Å²) in [6.07, 6.45) is 0.966. The van der Waals surface area contributed by atoms with Crippen molar-refractivity contribution in [3.8, 4) is 39.3 Å². The molecule has 1 aliphatic carbocycles. The Morgan fingerprint density at radius 3 is 2.19 bits per heavy atom. The van der Waals surface area contributed by atoms with E-state index in [0.717, 1.165) is 46.7 Å². The van der Waals surface area contributed by atoms with Crippen LogP contribution in [0, 0.1) is 0 Å². The van der Waals surface area contributed by atoms with Crippen LogP contribution in [0.5, 0.6) is 0 Å². The second kappa shape index (κ2) is 11.0. The monoisotopic (exact) mass is 669 g/mol. The molecule has 3 heterocycles. The number of anilines is 3. The predicted octanol–water partition coefficient (Wildman–Crippen LogP) is 11.1. The maximum absolute atomic E-state index is 5.10. The summed E-state index contributed by atoms with van der Waals surface area (Å²) in [5.41, 5.74) is 18.4. The molecule has 2 aliphatic rings. The number of imidazole rings is 1. The maximum atomic E-state index is 5.10. The largest absolute Gasteiger partial charge is 0.355 e. The Balaban J connectivity index is 1.16. The van der Waals surface area contributed by atoms with Crippen LogP contribution in [-0.4, -0.2) is 27.8 Å². The van der Waals surface area contributed by atoms with Gasteiger partial charge in [-0.1, -0.05) is 103 Å². The van der Waals surface area contributed by atoms with E-state index in [4.69, 9.17) is 4.98 Å². The Bertz CT molecular complexity index is 2910. The molecule has 9 aromatic rings. The van der Waals surface area contributed by atoms with Crippen LogP contribution in [0.25, 0.3) is 72.2 Å². The van der Waals surface area contributed by atoms with Crippen molar-refractivity contribution < 1.29 is 0 Å². The zero-order chi connectivity index (χ0) is 34.5. The van der Waals surface area contributed by atoms with Gasteiger partial charge in [0.1, 0.15) is 5.82 Å². The fraction of sp³-hybridized carbons (Fsp3) is 0.0851. The molecule has 5 heteroatoms. The van der Waals surface area contributed by atoms with Gasteiger partial charge in [-0.05, 0) is 82.8 Å². The Morgan fingerprint density at radius 1 is 0.519 bits per heavy atom. The van der Waals surface area contributed by atoms with E-state index in [2.05, 4.69) is 185 Å². The molecule has 7 aromatic carbocycles. The highest BCUT2D eigenvalue weighted by Crippen LogP contribution is 2.44. The van der Waals surface area contributed by atoms with Gasteiger partial charge in [0.05, 0.1) is 40.1 Å². The van der Waals surface area contributed by atoms with Crippen molar-refractivity contribution in [1.29, 1.82) is 0 Å². The second-order valence-corrected chi connectivity index (χ2v) is 14.2. The first-order valence-electron chi connectivity index (χ1n) is 18.0. The number of nitrogens with zero attached hydrogens (tertiary/aromatic N) is 5. The average Bonchev–Trinajstić information content (AvgIpc) is 3.93. The van der Waals surface area contributed by atoms with Crippen molar-refractivity contribution in [2.45, 2.75) is 6.42 Å². The van der Waals surface area contributed by atoms with E-state index in [-0.39, 0.29) is 0 Å². The van der Waals surface area contributed by atoms with Gasteiger partial charge in [-0.3, -0.25) is 0 Å². The first-order valence-corrected chi connectivity index (χ1v) is 18.0. The standard InChI is InChI=1S/C47H35N5/c1-49-29-51(44-20-8-7-19-43(44)49)34-12-9-13-35(28-34)52-45-27-32(47-48-41-17-5-6-18-42(41)50(47)2)22-24-39(45)40-16-10-15-38(46(40)52)31-21-23-37-33(26-31)25-30-11-3-4-14-36(30)37/h3-24,26-28H,25,29H2,1-2H3. The summed E-state index contributed by atoms with van der Waals surface area (Å²) in [5.74, 6) is 0.962. The molecule has 5 nitrogen and oxygen atoms in total. The second-order valence-electron chi connectivity index (χ2n) is 14.2. The van der Waals surface area contributed by atoms with Gasteiger partial charge in [-0.2, -0.15) is 0 Å². The van der Waals surface area contributed by atoms with Crippen molar-refractivity contribution in [2.75, 3.05) is 23.5 Å². The van der Waals surface area contributed by atoms with Gasteiger partial charge in [-0.15, -0.1) is 0 Å². The molecule has 0 atom stereocenters. The Labute approximate surface area is 302 Å². The van der Waals surface area contributed by atoms with Gasteiger partial charge < -0.3 is 18.9 Å². The number of aromatic nitrogens is 3. The van der Waals surface area contributed by atoms with Crippen molar-refractivity contribution >= 4 is 49.9 Å². The molecule has 0 unspecified atom stereocenters. The van der Waals surface area contributed by atoms with Gasteiger partial charge in [0.2, 0.25) is 0 Å². The Hall–Kier alpha value is -6.59. The summed E-state index contributed by atoms with van der Waals surface area (Å²) in [7, 11) is 4.28. The van der Waals surface area contributed by atoms with Gasteiger partial charge in [0.25, 0.3) is 0 Å². The van der Waals surface area contributed by atoms with Gasteiger partial charge in [0, 0.05) is 47.4 Å². The van der Waals surface area contributed by atoms with Crippen molar-refractivity contribution in [1.82, 2.24) is 14.1 Å². The molecule has 0 fully saturated rings. The fourth-order valence-electron chi connectivity index (χ4n) is 8.82. The van der Waals surface area contributed by atoms with E-state index < -0.39 is 0 Å². The van der Waals surface area contributed by atoms with Gasteiger partial charge in [0.15, 0.2) is 0 Å². The molecule has 0 saturated heterocycles. The van der Waals surface area contributed by atoms with Crippen LogP contribution in [0.4, 0.5) is 17.1 Å². The highest BCUT2D eigenvalue weighted by atomic mass is 15.4. The third-order valence-electron chi connectivity index (χ3n) is 11.3. The molecule has 248 valence electrons. The van der Waals surface area contributed by atoms with Crippen LogP contribution < -0.4 is 9.80 Å². The molecule has 0 amide bonds. The SMILES string of the molecule is CN1CN(c2cccc(-n3c4cc(-c5nc6ccccc6n5C)ccc4c4cccc(-c5ccc6c(c5)Cc5ccccc5-6)c43)c2)c2ccccc21. The van der Waals surface area contributed by atoms with Crippen LogP contribution in [0.3, 0.4) is 0 Å². The number of hydrogen-bond donors (Lipinski definition) is 0. The molecule has 11 rings (SSSR count). The number of rotatable bonds is 4. The van der Waals surface area contributed by atoms with E-state index in [1.54, 1.807) is 0 Å². The quantitative estimate of drug-likeness (QED) is 0.187. The predicted molar refractivity (Wildman–Crippen MR) is 216 cm³/mol. The van der Waals surface area contributed by atoms with E-state index >= 15 is 0 Å². The third kappa shape index (κ3) is 4.20. The third-order valence-corrected chi connectivity index (χ3v) is 11.3. The first-order chi connectivity index (χ1) is 25.6. The molecular weight excluding hydrogens is 635 g/mol. The number of hydrogen-bond acceptors (Lipinski definition) is 3. The fourth-order valence-corrected chi connectivity index (χ4v) is 8.82. The minimum Gasteiger partial charge on any atom is -0.355 e. The number of para-hydroxylation sites is 5. The van der Waals surface area contributed by atoms with Gasteiger partial charge in [-0.25, -0.2) is 4.98 Å².